The highest BCUT2D eigenvalue weighted by molar-refractivity contribution is 8.18. The maximum Gasteiger partial charge on any atom is 0.416 e. The first-order valence-electron chi connectivity index (χ1n) is 12.0. The Bertz CT molecular complexity index is 1510. The van der Waals surface area contributed by atoms with E-state index >= 15 is 0 Å². The van der Waals surface area contributed by atoms with Crippen LogP contribution in [0.3, 0.4) is 0 Å². The second-order valence-electron chi connectivity index (χ2n) is 9.45. The summed E-state index contributed by atoms with van der Waals surface area (Å²) in [6.45, 7) is 0.754. The van der Waals surface area contributed by atoms with E-state index < -0.39 is 29.0 Å². The number of imide groups is 1. The molecule has 0 bridgehead atoms. The Morgan fingerprint density at radius 1 is 1.21 bits per heavy atom. The minimum Gasteiger partial charge on any atom is -0.465 e. The summed E-state index contributed by atoms with van der Waals surface area (Å²) in [4.78, 5) is 39.6. The second-order valence-corrected chi connectivity index (χ2v) is 10.9. The number of aromatic nitrogens is 2. The number of thioether (sulfide) groups is 1. The van der Waals surface area contributed by atoms with E-state index in [1.54, 1.807) is 24.3 Å². The molecule has 0 saturated carbocycles. The molecule has 2 aliphatic rings. The summed E-state index contributed by atoms with van der Waals surface area (Å²) in [7, 11) is 0. The van der Waals surface area contributed by atoms with Gasteiger partial charge in [0.15, 0.2) is 0 Å². The van der Waals surface area contributed by atoms with E-state index in [0.717, 1.165) is 29.1 Å². The Kier molecular flexibility index (Phi) is 7.34. The Labute approximate surface area is 230 Å². The van der Waals surface area contributed by atoms with E-state index in [4.69, 9.17) is 11.6 Å². The van der Waals surface area contributed by atoms with Crippen molar-refractivity contribution in [3.63, 3.8) is 0 Å². The van der Waals surface area contributed by atoms with Crippen LogP contribution in [0.15, 0.2) is 47.5 Å². The van der Waals surface area contributed by atoms with Gasteiger partial charge in [-0.1, -0.05) is 23.7 Å². The Morgan fingerprint density at radius 3 is 2.74 bits per heavy atom. The number of benzene rings is 2. The molecule has 1 aromatic heterocycles. The number of hydrogen-bond acceptors (Lipinski definition) is 5. The van der Waals surface area contributed by atoms with Gasteiger partial charge in [-0.2, -0.15) is 18.3 Å². The number of carboxylic acid groups (broad SMARTS) is 1. The second kappa shape index (κ2) is 10.6. The molecular weight excluding hydrogens is 557 g/mol. The number of likely N-dealkylation sites (tertiary alicyclic amines) is 1. The van der Waals surface area contributed by atoms with E-state index in [9.17, 15) is 32.7 Å². The molecule has 1 atom stereocenters. The molecule has 0 radical (unpaired) electrons. The molecule has 0 unspecified atom stereocenters. The van der Waals surface area contributed by atoms with Gasteiger partial charge >= 0.3 is 12.3 Å². The van der Waals surface area contributed by atoms with Crippen LogP contribution in [0.25, 0.3) is 17.0 Å². The topological polar surface area (TPSA) is 95.7 Å². The lowest BCUT2D eigenvalue weighted by molar-refractivity contribution is -0.138. The zero-order valence-electron chi connectivity index (χ0n) is 20.3. The monoisotopic (exact) mass is 578 g/mol. The van der Waals surface area contributed by atoms with Crippen LogP contribution in [0.2, 0.25) is 5.02 Å². The summed E-state index contributed by atoms with van der Waals surface area (Å²) in [5, 5.41) is 13.7. The third-order valence-electron chi connectivity index (χ3n) is 6.76. The molecule has 2 saturated heterocycles. The van der Waals surface area contributed by atoms with Gasteiger partial charge in [-0.15, -0.1) is 0 Å². The summed E-state index contributed by atoms with van der Waals surface area (Å²) in [5.41, 5.74) is 0.433. The highest BCUT2D eigenvalue weighted by Gasteiger charge is 2.38. The minimum atomic E-state index is -4.56. The molecule has 3 aromatic rings. The molecule has 0 spiro atoms. The van der Waals surface area contributed by atoms with Crippen LogP contribution in [-0.4, -0.2) is 61.6 Å². The fraction of sp³-hybridized carbons (Fsp3) is 0.308. The van der Waals surface area contributed by atoms with Gasteiger partial charge in [-0.3, -0.25) is 19.2 Å². The molecule has 3 heterocycles. The van der Waals surface area contributed by atoms with Gasteiger partial charge in [0, 0.05) is 30.0 Å². The molecule has 2 fully saturated rings. The van der Waals surface area contributed by atoms with E-state index in [0.29, 0.717) is 29.4 Å². The van der Waals surface area contributed by atoms with Crippen molar-refractivity contribution in [3.05, 3.63) is 69.2 Å². The number of fused-ring (bicyclic) bond motifs is 1. The molecule has 5 rings (SSSR count). The van der Waals surface area contributed by atoms with Crippen LogP contribution in [0.4, 0.5) is 22.8 Å². The number of hydrogen-bond donors (Lipinski definition) is 1. The van der Waals surface area contributed by atoms with Gasteiger partial charge < -0.3 is 10.0 Å². The van der Waals surface area contributed by atoms with E-state index in [-0.39, 0.29) is 41.0 Å². The number of nitrogens with zero attached hydrogens (tertiary/aromatic N) is 4. The lowest BCUT2D eigenvalue weighted by atomic mass is 9.98. The smallest absolute Gasteiger partial charge is 0.416 e. The van der Waals surface area contributed by atoms with E-state index in [2.05, 4.69) is 5.10 Å². The zero-order valence-corrected chi connectivity index (χ0v) is 21.9. The number of rotatable bonds is 5. The standard InChI is InChI=1S/C26H22ClF3N4O4S/c27-19-5-4-17(20(10-19)26(28,29)30)14-34-21-6-3-15(8-18(21)11-31-34)9-22-23(35)33(25(38)39-22)13-16-2-1-7-32(12-16)24(36)37/h3-6,8-11,16H,1-2,7,12-14H2,(H,36,37)/b22-9+/t16-/m0/s1. The Balaban J connectivity index is 1.33. The molecule has 2 aromatic carbocycles. The highest BCUT2D eigenvalue weighted by atomic mass is 35.5. The van der Waals surface area contributed by atoms with Crippen molar-refractivity contribution in [1.29, 1.82) is 0 Å². The third-order valence-corrected chi connectivity index (χ3v) is 7.91. The number of carbonyl (C=O) groups excluding carboxylic acids is 2. The molecule has 3 amide bonds. The van der Waals surface area contributed by atoms with Crippen molar-refractivity contribution in [1.82, 2.24) is 19.6 Å². The largest absolute Gasteiger partial charge is 0.465 e. The zero-order chi connectivity index (χ0) is 27.9. The molecule has 2 aliphatic heterocycles. The van der Waals surface area contributed by atoms with Gasteiger partial charge in [-0.25, -0.2) is 4.79 Å². The molecule has 39 heavy (non-hydrogen) atoms. The summed E-state index contributed by atoms with van der Waals surface area (Å²) in [6, 6.07) is 8.77. The number of piperidine rings is 1. The first-order valence-corrected chi connectivity index (χ1v) is 13.2. The van der Waals surface area contributed by atoms with Gasteiger partial charge in [-0.05, 0) is 72.0 Å². The maximum absolute atomic E-state index is 13.5. The van der Waals surface area contributed by atoms with Crippen molar-refractivity contribution in [3.8, 4) is 0 Å². The van der Waals surface area contributed by atoms with Gasteiger partial charge in [0.2, 0.25) is 0 Å². The van der Waals surface area contributed by atoms with E-state index in [1.807, 2.05) is 0 Å². The molecule has 1 N–H and O–H groups in total. The normalized spacial score (nSPS) is 19.5. The predicted octanol–water partition coefficient (Wildman–Crippen LogP) is 6.18. The molecule has 0 aliphatic carbocycles. The van der Waals surface area contributed by atoms with Crippen molar-refractivity contribution < 1.29 is 32.7 Å². The van der Waals surface area contributed by atoms with Crippen molar-refractivity contribution in [2.24, 2.45) is 5.92 Å². The third kappa shape index (κ3) is 5.76. The fourth-order valence-electron chi connectivity index (χ4n) is 4.89. The van der Waals surface area contributed by atoms with Crippen LogP contribution in [0, 0.1) is 5.92 Å². The molecule has 13 heteroatoms. The first kappa shape index (κ1) is 27.1. The summed E-state index contributed by atoms with van der Waals surface area (Å²) in [6.07, 6.45) is -1.06. The van der Waals surface area contributed by atoms with Gasteiger partial charge in [0.25, 0.3) is 11.1 Å². The molecule has 204 valence electrons. The Morgan fingerprint density at radius 2 is 2.00 bits per heavy atom. The quantitative estimate of drug-likeness (QED) is 0.363. The number of halogens is 4. The highest BCUT2D eigenvalue weighted by Crippen LogP contribution is 2.36. The lowest BCUT2D eigenvalue weighted by Crippen LogP contribution is -2.44. The average molecular weight is 579 g/mol. The number of amides is 3. The van der Waals surface area contributed by atoms with Crippen LogP contribution >= 0.6 is 23.4 Å². The van der Waals surface area contributed by atoms with Crippen LogP contribution in [0.1, 0.15) is 29.5 Å². The average Bonchev–Trinajstić information content (AvgIpc) is 3.39. The Hall–Kier alpha value is -3.51. The predicted molar refractivity (Wildman–Crippen MR) is 140 cm³/mol. The van der Waals surface area contributed by atoms with Crippen LogP contribution in [-0.2, 0) is 17.5 Å². The first-order chi connectivity index (χ1) is 18.5. The van der Waals surface area contributed by atoms with Gasteiger partial charge in [0.1, 0.15) is 0 Å². The minimum absolute atomic E-state index is 0.00794. The molecule has 8 nitrogen and oxygen atoms in total. The van der Waals surface area contributed by atoms with Crippen LogP contribution < -0.4 is 0 Å². The van der Waals surface area contributed by atoms with Crippen molar-refractivity contribution >= 4 is 57.6 Å². The van der Waals surface area contributed by atoms with Gasteiger partial charge in [0.05, 0.1) is 28.7 Å². The van der Waals surface area contributed by atoms with Crippen molar-refractivity contribution in [2.75, 3.05) is 19.6 Å². The van der Waals surface area contributed by atoms with E-state index in [1.165, 1.54) is 27.9 Å². The van der Waals surface area contributed by atoms with Crippen molar-refractivity contribution in [2.45, 2.75) is 25.6 Å². The molecular formula is C26H22ClF3N4O4S. The SMILES string of the molecule is O=C(O)N1CCC[C@H](CN2C(=O)S/C(=C/c3ccc4c(cnn4Cc4ccc(Cl)cc4C(F)(F)F)c3)C2=O)C1. The summed E-state index contributed by atoms with van der Waals surface area (Å²) >= 11 is 6.60. The number of carbonyl (C=O) groups is 3. The number of alkyl halides is 3. The fourth-order valence-corrected chi connectivity index (χ4v) is 5.91. The summed E-state index contributed by atoms with van der Waals surface area (Å²) < 4.78 is 42.0. The lowest BCUT2D eigenvalue weighted by Gasteiger charge is -2.32. The maximum atomic E-state index is 13.5. The van der Waals surface area contributed by atoms with Crippen LogP contribution in [0.5, 0.6) is 0 Å². The summed E-state index contributed by atoms with van der Waals surface area (Å²) in [5.74, 6) is -0.556.